The largest absolute Gasteiger partial charge is 0.309 e. The summed E-state index contributed by atoms with van der Waals surface area (Å²) in [6.07, 6.45) is 0. The molecule has 0 radical (unpaired) electrons. The zero-order valence-electron chi connectivity index (χ0n) is 36.5. The van der Waals surface area contributed by atoms with Crippen molar-refractivity contribution in [2.75, 3.05) is 4.90 Å². The lowest BCUT2D eigenvalue weighted by molar-refractivity contribution is 0.660. The molecule has 0 spiro atoms. The van der Waals surface area contributed by atoms with Crippen molar-refractivity contribution in [3.8, 4) is 39.1 Å². The van der Waals surface area contributed by atoms with E-state index in [2.05, 4.69) is 243 Å². The summed E-state index contributed by atoms with van der Waals surface area (Å²) in [6.45, 7) is 9.55. The maximum atomic E-state index is 2.48. The number of para-hydroxylation sites is 1. The van der Waals surface area contributed by atoms with Gasteiger partial charge in [0.15, 0.2) is 0 Å². The van der Waals surface area contributed by atoms with Crippen LogP contribution in [0.1, 0.15) is 49.9 Å². The first-order valence-corrected chi connectivity index (χ1v) is 22.6. The third kappa shape index (κ3) is 5.20. The number of anilines is 3. The summed E-state index contributed by atoms with van der Waals surface area (Å²) in [4.78, 5) is 2.48. The molecule has 0 saturated heterocycles. The van der Waals surface area contributed by atoms with E-state index < -0.39 is 0 Å². The average molecular weight is 819 g/mol. The van der Waals surface area contributed by atoms with E-state index in [1.165, 1.54) is 116 Å². The molecule has 0 amide bonds. The highest BCUT2D eigenvalue weighted by molar-refractivity contribution is 6.13. The van der Waals surface area contributed by atoms with Crippen LogP contribution in [0.15, 0.2) is 206 Å². The average Bonchev–Trinajstić information content (AvgIpc) is 3.87. The second kappa shape index (κ2) is 13.4. The lowest BCUT2D eigenvalue weighted by Crippen LogP contribution is -2.17. The Balaban J connectivity index is 0.954. The van der Waals surface area contributed by atoms with Crippen LogP contribution in [-0.4, -0.2) is 4.57 Å². The Morgan fingerprint density at radius 3 is 1.61 bits per heavy atom. The third-order valence-electron chi connectivity index (χ3n) is 14.7. The van der Waals surface area contributed by atoms with Gasteiger partial charge in [-0.1, -0.05) is 167 Å². The van der Waals surface area contributed by atoms with Crippen molar-refractivity contribution >= 4 is 60.4 Å². The molecule has 0 bridgehead atoms. The Kier molecular flexibility index (Phi) is 7.74. The van der Waals surface area contributed by atoms with Crippen molar-refractivity contribution in [3.05, 3.63) is 229 Å². The molecule has 2 aliphatic carbocycles. The smallest absolute Gasteiger partial charge is 0.0544 e. The van der Waals surface area contributed by atoms with E-state index in [0.717, 1.165) is 5.69 Å². The highest BCUT2D eigenvalue weighted by Gasteiger charge is 2.38. The summed E-state index contributed by atoms with van der Waals surface area (Å²) in [5.41, 5.74) is 20.1. The first-order valence-electron chi connectivity index (χ1n) is 22.6. The molecule has 0 atom stereocenters. The summed E-state index contributed by atoms with van der Waals surface area (Å²) in [6, 6.07) is 77.0. The second-order valence-electron chi connectivity index (χ2n) is 18.9. The van der Waals surface area contributed by atoms with E-state index in [1.54, 1.807) is 0 Å². The Hall–Kier alpha value is -7.68. The summed E-state index contributed by atoms with van der Waals surface area (Å²) in [5.74, 6) is 0. The van der Waals surface area contributed by atoms with Crippen molar-refractivity contribution < 1.29 is 0 Å². The monoisotopic (exact) mass is 818 g/mol. The van der Waals surface area contributed by atoms with Crippen LogP contribution < -0.4 is 4.90 Å². The van der Waals surface area contributed by atoms with Gasteiger partial charge in [0.2, 0.25) is 0 Å². The maximum Gasteiger partial charge on any atom is 0.0544 e. The number of rotatable bonds is 5. The molecule has 0 fully saturated rings. The number of benzene rings is 10. The first-order chi connectivity index (χ1) is 31.3. The Morgan fingerprint density at radius 2 is 0.875 bits per heavy atom. The SMILES string of the molecule is CC1(C)c2cc(-c3ccc4c(c3)c3cc5c(cc3n4-c3ccccc3)C(C)(C)c3ccccc3-5)ccc2-c2ccc(N(c3cccc4ccccc34)c3cccc4ccccc34)cc21. The molecule has 2 aliphatic rings. The maximum absolute atomic E-state index is 2.48. The zero-order valence-corrected chi connectivity index (χ0v) is 36.5. The molecular weight excluding hydrogens is 773 g/mol. The molecule has 304 valence electrons. The molecule has 0 saturated carbocycles. The van der Waals surface area contributed by atoms with E-state index in [9.17, 15) is 0 Å². The number of aromatic nitrogens is 1. The van der Waals surface area contributed by atoms with Crippen LogP contribution in [0.5, 0.6) is 0 Å². The predicted molar refractivity (Wildman–Crippen MR) is 271 cm³/mol. The van der Waals surface area contributed by atoms with Gasteiger partial charge in [-0.2, -0.15) is 0 Å². The van der Waals surface area contributed by atoms with Crippen LogP contribution >= 0.6 is 0 Å². The number of fused-ring (bicyclic) bond motifs is 11. The molecule has 0 aliphatic heterocycles. The molecule has 0 unspecified atom stereocenters. The Bertz CT molecular complexity index is 3640. The highest BCUT2D eigenvalue weighted by atomic mass is 15.1. The first kappa shape index (κ1) is 36.9. The van der Waals surface area contributed by atoms with Gasteiger partial charge in [-0.25, -0.2) is 0 Å². The van der Waals surface area contributed by atoms with Crippen LogP contribution in [-0.2, 0) is 10.8 Å². The highest BCUT2D eigenvalue weighted by Crippen LogP contribution is 2.54. The number of nitrogens with zero attached hydrogens (tertiary/aromatic N) is 2. The fourth-order valence-corrected chi connectivity index (χ4v) is 11.5. The van der Waals surface area contributed by atoms with E-state index in [-0.39, 0.29) is 10.8 Å². The summed E-state index contributed by atoms with van der Waals surface area (Å²) < 4.78 is 2.47. The second-order valence-corrected chi connectivity index (χ2v) is 18.9. The summed E-state index contributed by atoms with van der Waals surface area (Å²) >= 11 is 0. The van der Waals surface area contributed by atoms with Gasteiger partial charge in [0, 0.05) is 43.7 Å². The van der Waals surface area contributed by atoms with Gasteiger partial charge in [0.1, 0.15) is 0 Å². The molecule has 0 N–H and O–H groups in total. The summed E-state index contributed by atoms with van der Waals surface area (Å²) in [7, 11) is 0. The summed E-state index contributed by atoms with van der Waals surface area (Å²) in [5, 5.41) is 7.48. The lowest BCUT2D eigenvalue weighted by Gasteiger charge is -2.30. The van der Waals surface area contributed by atoms with Gasteiger partial charge in [0.05, 0.1) is 22.4 Å². The normalized spacial score (nSPS) is 14.2. The third-order valence-corrected chi connectivity index (χ3v) is 14.7. The minimum atomic E-state index is -0.228. The van der Waals surface area contributed by atoms with Gasteiger partial charge < -0.3 is 9.47 Å². The molecule has 2 nitrogen and oxygen atoms in total. The Labute approximate surface area is 374 Å². The topological polar surface area (TPSA) is 8.17 Å². The van der Waals surface area contributed by atoms with Crippen molar-refractivity contribution in [1.82, 2.24) is 4.57 Å². The molecule has 64 heavy (non-hydrogen) atoms. The van der Waals surface area contributed by atoms with Gasteiger partial charge in [0.25, 0.3) is 0 Å². The van der Waals surface area contributed by atoms with E-state index >= 15 is 0 Å². The van der Waals surface area contributed by atoms with Crippen molar-refractivity contribution in [1.29, 1.82) is 0 Å². The standard InChI is InChI=1S/C62H46N2/c1-61(2)53-25-13-12-24-47(53)50-37-52-51-34-41(29-33-59(51)63(60(52)38-56(50)61)43-20-6-5-7-21-43)42-28-31-48-49-32-30-44(36-55(49)62(3,4)54(48)35-42)64(57-26-14-18-39-16-8-10-22-45(39)57)58-27-15-19-40-17-9-11-23-46(40)58/h5-38H,1-4H3. The molecule has 1 aromatic heterocycles. The fourth-order valence-electron chi connectivity index (χ4n) is 11.5. The minimum Gasteiger partial charge on any atom is -0.309 e. The van der Waals surface area contributed by atoms with Crippen molar-refractivity contribution in [2.24, 2.45) is 0 Å². The molecular formula is C62H46N2. The predicted octanol–water partition coefficient (Wildman–Crippen LogP) is 16.8. The van der Waals surface area contributed by atoms with Crippen LogP contribution in [0, 0.1) is 0 Å². The molecule has 2 heteroatoms. The lowest BCUT2D eigenvalue weighted by atomic mass is 9.81. The van der Waals surface area contributed by atoms with E-state index in [1.807, 2.05) is 0 Å². The number of hydrogen-bond donors (Lipinski definition) is 0. The Morgan fingerprint density at radius 1 is 0.344 bits per heavy atom. The zero-order chi connectivity index (χ0) is 42.9. The molecule has 10 aromatic carbocycles. The van der Waals surface area contributed by atoms with Gasteiger partial charge in [-0.05, 0) is 133 Å². The van der Waals surface area contributed by atoms with E-state index in [0.29, 0.717) is 0 Å². The van der Waals surface area contributed by atoms with Crippen molar-refractivity contribution in [3.63, 3.8) is 0 Å². The molecule has 13 rings (SSSR count). The number of hydrogen-bond acceptors (Lipinski definition) is 1. The van der Waals surface area contributed by atoms with Crippen LogP contribution in [0.4, 0.5) is 17.1 Å². The molecule has 1 heterocycles. The van der Waals surface area contributed by atoms with Gasteiger partial charge in [-0.15, -0.1) is 0 Å². The molecule has 11 aromatic rings. The van der Waals surface area contributed by atoms with Crippen LogP contribution in [0.25, 0.3) is 82.4 Å². The van der Waals surface area contributed by atoms with Crippen molar-refractivity contribution in [2.45, 2.75) is 38.5 Å². The minimum absolute atomic E-state index is 0.0804. The fraction of sp³-hybridized carbons (Fsp3) is 0.0968. The van der Waals surface area contributed by atoms with Gasteiger partial charge >= 0.3 is 0 Å². The van der Waals surface area contributed by atoms with Gasteiger partial charge in [-0.3, -0.25) is 0 Å². The van der Waals surface area contributed by atoms with Crippen LogP contribution in [0.2, 0.25) is 0 Å². The van der Waals surface area contributed by atoms with E-state index in [4.69, 9.17) is 0 Å². The van der Waals surface area contributed by atoms with Crippen LogP contribution in [0.3, 0.4) is 0 Å². The quantitative estimate of drug-likeness (QED) is 0.168.